The average molecular weight is 209 g/mol. The summed E-state index contributed by atoms with van der Waals surface area (Å²) in [6.45, 7) is 0. The van der Waals surface area contributed by atoms with Crippen LogP contribution in [-0.2, 0) is 9.59 Å². The first-order chi connectivity index (χ1) is 7.08. The van der Waals surface area contributed by atoms with E-state index in [1.165, 1.54) is 0 Å². The number of hydrogen-bond acceptors (Lipinski definition) is 2. The Kier molecular flexibility index (Phi) is 2.07. The van der Waals surface area contributed by atoms with Gasteiger partial charge in [0.2, 0.25) is 0 Å². The molecule has 76 valence electrons. The maximum Gasteiger partial charge on any atom is 0.263 e. The molecular formula is C10H5F2NO2. The van der Waals surface area contributed by atoms with Crippen LogP contribution in [0.15, 0.2) is 23.8 Å². The van der Waals surface area contributed by atoms with Crippen molar-refractivity contribution in [3.63, 3.8) is 0 Å². The lowest BCUT2D eigenvalue weighted by Crippen LogP contribution is -2.47. The number of carbonyl (C=O) groups is 2. The van der Waals surface area contributed by atoms with Gasteiger partial charge in [-0.25, -0.2) is 8.78 Å². The minimum atomic E-state index is -0.810. The second kappa shape index (κ2) is 3.27. The van der Waals surface area contributed by atoms with Gasteiger partial charge in [-0.2, -0.15) is 0 Å². The Morgan fingerprint density at radius 3 is 2.33 bits per heavy atom. The van der Waals surface area contributed by atoms with Crippen molar-refractivity contribution in [3.05, 3.63) is 41.0 Å². The van der Waals surface area contributed by atoms with Crippen molar-refractivity contribution in [2.45, 2.75) is 0 Å². The van der Waals surface area contributed by atoms with E-state index in [2.05, 4.69) is 0 Å². The third-order valence-electron chi connectivity index (χ3n) is 1.98. The van der Waals surface area contributed by atoms with E-state index >= 15 is 0 Å². The summed E-state index contributed by atoms with van der Waals surface area (Å²) in [5, 5.41) is 1.96. The highest BCUT2D eigenvalue weighted by atomic mass is 19.1. The molecule has 1 aliphatic heterocycles. The number of nitrogens with one attached hydrogen (secondary N) is 1. The molecule has 1 fully saturated rings. The number of carbonyl (C=O) groups excluding carboxylic acids is 2. The summed E-state index contributed by atoms with van der Waals surface area (Å²) in [4.78, 5) is 21.7. The predicted octanol–water partition coefficient (Wildman–Crippen LogP) is 1.00. The zero-order valence-corrected chi connectivity index (χ0v) is 7.38. The third-order valence-corrected chi connectivity index (χ3v) is 1.98. The number of halogens is 2. The number of amides is 2. The topological polar surface area (TPSA) is 46.2 Å². The second-order valence-corrected chi connectivity index (χ2v) is 3.01. The van der Waals surface area contributed by atoms with Gasteiger partial charge < -0.3 is 0 Å². The van der Waals surface area contributed by atoms with Crippen molar-refractivity contribution in [1.82, 2.24) is 5.32 Å². The van der Waals surface area contributed by atoms with E-state index in [1.807, 2.05) is 5.32 Å². The lowest BCUT2D eigenvalue weighted by atomic mass is 10.0. The van der Waals surface area contributed by atoms with Gasteiger partial charge >= 0.3 is 0 Å². The Labute approximate surface area is 83.4 Å². The van der Waals surface area contributed by atoms with Crippen LogP contribution in [0.5, 0.6) is 0 Å². The maximum atomic E-state index is 13.1. The summed E-state index contributed by atoms with van der Waals surface area (Å²) in [6, 6.07) is 2.90. The molecule has 0 aromatic heterocycles. The summed E-state index contributed by atoms with van der Waals surface area (Å²) in [6.07, 6.45) is 1.09. The Morgan fingerprint density at radius 1 is 1.13 bits per heavy atom. The van der Waals surface area contributed by atoms with Crippen LogP contribution in [0.25, 0.3) is 6.08 Å². The predicted molar refractivity (Wildman–Crippen MR) is 47.5 cm³/mol. The molecule has 1 saturated heterocycles. The normalized spacial score (nSPS) is 14.7. The molecular weight excluding hydrogens is 204 g/mol. The first-order valence-corrected chi connectivity index (χ1v) is 4.10. The molecule has 0 saturated carbocycles. The number of rotatable bonds is 1. The summed E-state index contributed by atoms with van der Waals surface area (Å²) < 4.78 is 25.6. The Balaban J connectivity index is 2.39. The van der Waals surface area contributed by atoms with Gasteiger partial charge in [0.1, 0.15) is 17.2 Å². The van der Waals surface area contributed by atoms with E-state index in [9.17, 15) is 18.4 Å². The van der Waals surface area contributed by atoms with Gasteiger partial charge in [0.15, 0.2) is 0 Å². The summed E-state index contributed by atoms with van der Waals surface area (Å²) in [5.74, 6) is -2.62. The quantitative estimate of drug-likeness (QED) is 0.426. The highest BCUT2D eigenvalue weighted by Crippen LogP contribution is 2.16. The van der Waals surface area contributed by atoms with E-state index in [0.29, 0.717) is 6.07 Å². The molecule has 3 nitrogen and oxygen atoms in total. The maximum absolute atomic E-state index is 13.1. The number of β-lactam (4-membered cyclic amide) rings is 2. The van der Waals surface area contributed by atoms with Gasteiger partial charge in [-0.05, 0) is 18.2 Å². The number of benzene rings is 1. The molecule has 0 unspecified atom stereocenters. The fourth-order valence-corrected chi connectivity index (χ4v) is 1.18. The molecule has 2 amide bonds. The zero-order valence-electron chi connectivity index (χ0n) is 7.38. The molecule has 2 rings (SSSR count). The SMILES string of the molecule is O=C1NC(=O)C1=Cc1ccc(F)cc1F. The van der Waals surface area contributed by atoms with Gasteiger partial charge in [-0.15, -0.1) is 0 Å². The molecule has 1 aliphatic rings. The summed E-state index contributed by atoms with van der Waals surface area (Å²) in [5.41, 5.74) is -0.116. The van der Waals surface area contributed by atoms with Gasteiger partial charge in [-0.3, -0.25) is 14.9 Å². The minimum Gasteiger partial charge on any atom is -0.288 e. The third kappa shape index (κ3) is 1.63. The smallest absolute Gasteiger partial charge is 0.263 e. The van der Waals surface area contributed by atoms with Crippen LogP contribution in [-0.4, -0.2) is 11.8 Å². The van der Waals surface area contributed by atoms with E-state index in [4.69, 9.17) is 0 Å². The standard InChI is InChI=1S/C10H5F2NO2/c11-6-2-1-5(8(12)4-6)3-7-9(14)13-10(7)15/h1-4H,(H,13,14,15). The summed E-state index contributed by atoms with van der Waals surface area (Å²) in [7, 11) is 0. The molecule has 5 heteroatoms. The molecule has 1 aromatic carbocycles. The molecule has 1 N–H and O–H groups in total. The van der Waals surface area contributed by atoms with Crippen molar-refractivity contribution >= 4 is 17.9 Å². The van der Waals surface area contributed by atoms with Gasteiger partial charge in [-0.1, -0.05) is 0 Å². The minimum absolute atomic E-state index is 0.00889. The fraction of sp³-hybridized carbons (Fsp3) is 0. The summed E-state index contributed by atoms with van der Waals surface area (Å²) >= 11 is 0. The largest absolute Gasteiger partial charge is 0.288 e. The molecule has 1 heterocycles. The fourth-order valence-electron chi connectivity index (χ4n) is 1.18. The van der Waals surface area contributed by atoms with Crippen molar-refractivity contribution in [3.8, 4) is 0 Å². The number of imide groups is 1. The van der Waals surface area contributed by atoms with Crippen LogP contribution in [0.4, 0.5) is 8.78 Å². The van der Waals surface area contributed by atoms with Gasteiger partial charge in [0, 0.05) is 11.6 Å². The first-order valence-electron chi connectivity index (χ1n) is 4.10. The van der Waals surface area contributed by atoms with Crippen LogP contribution < -0.4 is 5.32 Å². The number of hydrogen-bond donors (Lipinski definition) is 1. The second-order valence-electron chi connectivity index (χ2n) is 3.01. The first kappa shape index (κ1) is 9.51. The monoisotopic (exact) mass is 209 g/mol. The zero-order chi connectivity index (χ0) is 11.0. The Hall–Kier alpha value is -2.04. The van der Waals surface area contributed by atoms with Gasteiger partial charge in [0.25, 0.3) is 11.8 Å². The molecule has 0 atom stereocenters. The van der Waals surface area contributed by atoms with Crippen LogP contribution >= 0.6 is 0 Å². The molecule has 0 bridgehead atoms. The highest BCUT2D eigenvalue weighted by molar-refractivity contribution is 6.36. The Bertz CT molecular complexity index is 478. The van der Waals surface area contributed by atoms with E-state index in [1.54, 1.807) is 0 Å². The van der Waals surface area contributed by atoms with E-state index in [0.717, 1.165) is 18.2 Å². The molecule has 0 radical (unpaired) electrons. The van der Waals surface area contributed by atoms with Crippen molar-refractivity contribution in [2.24, 2.45) is 0 Å². The van der Waals surface area contributed by atoms with E-state index < -0.39 is 23.4 Å². The van der Waals surface area contributed by atoms with Crippen molar-refractivity contribution < 1.29 is 18.4 Å². The average Bonchev–Trinajstić information content (AvgIpc) is 2.16. The van der Waals surface area contributed by atoms with Crippen LogP contribution in [0.2, 0.25) is 0 Å². The Morgan fingerprint density at radius 2 is 1.80 bits per heavy atom. The lowest BCUT2D eigenvalue weighted by Gasteiger charge is -2.15. The molecule has 0 spiro atoms. The molecule has 15 heavy (non-hydrogen) atoms. The van der Waals surface area contributed by atoms with Gasteiger partial charge in [0.05, 0.1) is 0 Å². The molecule has 1 aromatic rings. The van der Waals surface area contributed by atoms with Crippen molar-refractivity contribution in [1.29, 1.82) is 0 Å². The van der Waals surface area contributed by atoms with Crippen LogP contribution in [0.3, 0.4) is 0 Å². The van der Waals surface area contributed by atoms with Crippen LogP contribution in [0.1, 0.15) is 5.56 Å². The van der Waals surface area contributed by atoms with E-state index in [-0.39, 0.29) is 11.1 Å². The highest BCUT2D eigenvalue weighted by Gasteiger charge is 2.30. The molecule has 0 aliphatic carbocycles. The van der Waals surface area contributed by atoms with Crippen molar-refractivity contribution in [2.75, 3.05) is 0 Å². The lowest BCUT2D eigenvalue weighted by molar-refractivity contribution is -0.134. The van der Waals surface area contributed by atoms with Crippen LogP contribution in [0, 0.1) is 11.6 Å².